The van der Waals surface area contributed by atoms with Gasteiger partial charge in [0.2, 0.25) is 0 Å². The SMILES string of the molecule is Cc1c(C(=O)Nc2cccc3cccnc23)oc2c1/C(=N/NC(=O)c1cccc3ccccc13)CCC2. The molecule has 0 bridgehead atoms. The van der Waals surface area contributed by atoms with Gasteiger partial charge in [-0.15, -0.1) is 0 Å². The van der Waals surface area contributed by atoms with E-state index in [1.54, 1.807) is 12.3 Å². The Kier molecular flexibility index (Phi) is 5.73. The van der Waals surface area contributed by atoms with E-state index in [-0.39, 0.29) is 17.6 Å². The summed E-state index contributed by atoms with van der Waals surface area (Å²) in [6.45, 7) is 1.85. The van der Waals surface area contributed by atoms with E-state index in [2.05, 4.69) is 20.8 Å². The molecule has 2 amide bonds. The summed E-state index contributed by atoms with van der Waals surface area (Å²) in [6, 6.07) is 22.8. The van der Waals surface area contributed by atoms with E-state index < -0.39 is 0 Å². The van der Waals surface area contributed by atoms with Crippen molar-refractivity contribution in [1.29, 1.82) is 0 Å². The Morgan fingerprint density at radius 3 is 2.59 bits per heavy atom. The quantitative estimate of drug-likeness (QED) is 0.303. The van der Waals surface area contributed by atoms with Gasteiger partial charge in [-0.2, -0.15) is 5.10 Å². The number of para-hydroxylation sites is 1. The molecule has 1 aliphatic carbocycles. The van der Waals surface area contributed by atoms with Crippen molar-refractivity contribution in [2.24, 2.45) is 5.10 Å². The highest BCUT2D eigenvalue weighted by atomic mass is 16.4. The van der Waals surface area contributed by atoms with Gasteiger partial charge in [-0.05, 0) is 48.7 Å². The van der Waals surface area contributed by atoms with Crippen molar-refractivity contribution in [3.63, 3.8) is 0 Å². The topological polar surface area (TPSA) is 96.6 Å². The first-order chi connectivity index (χ1) is 18.1. The fraction of sp³-hybridized carbons (Fsp3) is 0.133. The largest absolute Gasteiger partial charge is 0.455 e. The van der Waals surface area contributed by atoms with Crippen LogP contribution < -0.4 is 10.7 Å². The zero-order valence-corrected chi connectivity index (χ0v) is 20.2. The molecule has 5 aromatic rings. The second-order valence-corrected chi connectivity index (χ2v) is 9.07. The summed E-state index contributed by atoms with van der Waals surface area (Å²) in [7, 11) is 0. The van der Waals surface area contributed by atoms with Crippen molar-refractivity contribution in [1.82, 2.24) is 10.4 Å². The molecule has 6 rings (SSSR count). The van der Waals surface area contributed by atoms with Crippen LogP contribution in [0.25, 0.3) is 21.7 Å². The standard InChI is InChI=1S/C30H24N4O3/c1-18-26-23(33-34-29(35)22-13-4-9-19-8-2-3-12-21(19)22)14-6-16-25(26)37-28(18)30(36)32-24-15-5-10-20-11-7-17-31-27(20)24/h2-5,7-13,15,17H,6,14,16H2,1H3,(H,32,36)(H,34,35)/b33-23+. The van der Waals surface area contributed by atoms with Gasteiger partial charge in [0.25, 0.3) is 11.8 Å². The predicted octanol–water partition coefficient (Wildman–Crippen LogP) is 6.01. The number of pyridine rings is 1. The first-order valence-corrected chi connectivity index (χ1v) is 12.2. The number of hydrogen-bond donors (Lipinski definition) is 2. The number of carbonyl (C=O) groups excluding carboxylic acids is 2. The van der Waals surface area contributed by atoms with E-state index in [9.17, 15) is 9.59 Å². The van der Waals surface area contributed by atoms with E-state index in [1.807, 2.05) is 73.7 Å². The monoisotopic (exact) mass is 488 g/mol. The lowest BCUT2D eigenvalue weighted by Crippen LogP contribution is -2.22. The maximum absolute atomic E-state index is 13.2. The molecule has 0 unspecified atom stereocenters. The predicted molar refractivity (Wildman–Crippen MR) is 144 cm³/mol. The van der Waals surface area contributed by atoms with E-state index in [4.69, 9.17) is 4.42 Å². The third-order valence-corrected chi connectivity index (χ3v) is 6.74. The molecule has 0 atom stereocenters. The summed E-state index contributed by atoms with van der Waals surface area (Å²) in [6.07, 6.45) is 3.90. The lowest BCUT2D eigenvalue weighted by molar-refractivity contribution is 0.0955. The third kappa shape index (κ3) is 4.14. The molecule has 2 N–H and O–H groups in total. The van der Waals surface area contributed by atoms with Crippen molar-refractivity contribution >= 4 is 44.9 Å². The second kappa shape index (κ2) is 9.35. The molecule has 7 nitrogen and oxygen atoms in total. The molecule has 0 saturated carbocycles. The number of benzene rings is 3. The number of fused-ring (bicyclic) bond motifs is 3. The fourth-order valence-corrected chi connectivity index (χ4v) is 4.98. The number of anilines is 1. The lowest BCUT2D eigenvalue weighted by atomic mass is 9.93. The molecule has 7 heteroatoms. The zero-order valence-electron chi connectivity index (χ0n) is 20.2. The van der Waals surface area contributed by atoms with Gasteiger partial charge < -0.3 is 9.73 Å². The highest BCUT2D eigenvalue weighted by Gasteiger charge is 2.28. The minimum absolute atomic E-state index is 0.243. The summed E-state index contributed by atoms with van der Waals surface area (Å²) in [5.41, 5.74) is 6.83. The zero-order chi connectivity index (χ0) is 25.4. The first kappa shape index (κ1) is 22.7. The highest BCUT2D eigenvalue weighted by Crippen LogP contribution is 2.31. The molecule has 0 saturated heterocycles. The number of aryl methyl sites for hydroxylation is 1. The average molecular weight is 489 g/mol. The molecule has 0 aliphatic heterocycles. The van der Waals surface area contributed by atoms with Crippen molar-refractivity contribution in [3.05, 3.63) is 107 Å². The van der Waals surface area contributed by atoms with Gasteiger partial charge in [0.1, 0.15) is 5.76 Å². The first-order valence-electron chi connectivity index (χ1n) is 12.2. The Morgan fingerprint density at radius 1 is 0.892 bits per heavy atom. The maximum Gasteiger partial charge on any atom is 0.291 e. The number of hydrogen-bond acceptors (Lipinski definition) is 5. The molecule has 1 aliphatic rings. The van der Waals surface area contributed by atoms with Crippen LogP contribution in [0.1, 0.15) is 50.6 Å². The van der Waals surface area contributed by atoms with Crippen molar-refractivity contribution in [3.8, 4) is 0 Å². The van der Waals surface area contributed by atoms with Crippen molar-refractivity contribution in [2.75, 3.05) is 5.32 Å². The number of aromatic nitrogens is 1. The van der Waals surface area contributed by atoms with Gasteiger partial charge in [0.05, 0.1) is 16.9 Å². The Morgan fingerprint density at radius 2 is 1.68 bits per heavy atom. The Labute approximate surface area is 213 Å². The molecular weight excluding hydrogens is 464 g/mol. The molecule has 0 fully saturated rings. The molecule has 182 valence electrons. The van der Waals surface area contributed by atoms with E-state index in [0.717, 1.165) is 28.1 Å². The molecule has 0 radical (unpaired) electrons. The fourth-order valence-electron chi connectivity index (χ4n) is 4.98. The summed E-state index contributed by atoms with van der Waals surface area (Å²) in [5.74, 6) is 0.333. The third-order valence-electron chi connectivity index (χ3n) is 6.74. The molecule has 3 aromatic carbocycles. The maximum atomic E-state index is 13.2. The molecule has 37 heavy (non-hydrogen) atoms. The molecule has 2 aromatic heterocycles. The summed E-state index contributed by atoms with van der Waals surface area (Å²) >= 11 is 0. The highest BCUT2D eigenvalue weighted by molar-refractivity contribution is 6.12. The van der Waals surface area contributed by atoms with Crippen LogP contribution in [0.15, 0.2) is 88.5 Å². The van der Waals surface area contributed by atoms with E-state index >= 15 is 0 Å². The van der Waals surface area contributed by atoms with E-state index in [1.165, 1.54) is 0 Å². The van der Waals surface area contributed by atoms with Gasteiger partial charge in [0, 0.05) is 34.7 Å². The van der Waals surface area contributed by atoms with E-state index in [0.29, 0.717) is 46.6 Å². The van der Waals surface area contributed by atoms with Crippen LogP contribution in [0, 0.1) is 6.92 Å². The number of carbonyl (C=O) groups is 2. The van der Waals surface area contributed by atoms with Crippen molar-refractivity contribution in [2.45, 2.75) is 26.2 Å². The minimum Gasteiger partial charge on any atom is -0.455 e. The molecular formula is C30H24N4O3. The van der Waals surface area contributed by atoms with Gasteiger partial charge >= 0.3 is 0 Å². The van der Waals surface area contributed by atoms with Gasteiger partial charge in [-0.1, -0.05) is 54.6 Å². The van der Waals surface area contributed by atoms with Crippen LogP contribution in [0.2, 0.25) is 0 Å². The summed E-state index contributed by atoms with van der Waals surface area (Å²) in [5, 5.41) is 10.2. The van der Waals surface area contributed by atoms with Crippen molar-refractivity contribution < 1.29 is 14.0 Å². The molecule has 0 spiro atoms. The number of hydrazone groups is 1. The number of amides is 2. The number of furan rings is 1. The summed E-state index contributed by atoms with van der Waals surface area (Å²) in [4.78, 5) is 30.7. The Balaban J connectivity index is 1.28. The van der Waals surface area contributed by atoms with Crippen LogP contribution in [0.4, 0.5) is 5.69 Å². The number of rotatable bonds is 4. The normalized spacial score (nSPS) is 14.0. The minimum atomic E-state index is -0.343. The van der Waals surface area contributed by atoms with Crippen LogP contribution in [0.5, 0.6) is 0 Å². The van der Waals surface area contributed by atoms with Gasteiger partial charge in [-0.25, -0.2) is 5.43 Å². The smallest absolute Gasteiger partial charge is 0.291 e. The van der Waals surface area contributed by atoms with Gasteiger partial charge in [0.15, 0.2) is 5.76 Å². The number of nitrogens with one attached hydrogen (secondary N) is 2. The lowest BCUT2D eigenvalue weighted by Gasteiger charge is -2.13. The van der Waals surface area contributed by atoms with Gasteiger partial charge in [-0.3, -0.25) is 14.6 Å². The Bertz CT molecular complexity index is 1710. The van der Waals surface area contributed by atoms with Crippen LogP contribution in [0.3, 0.4) is 0 Å². The Hall–Kier alpha value is -4.78. The summed E-state index contributed by atoms with van der Waals surface area (Å²) < 4.78 is 6.04. The molecule has 2 heterocycles. The van der Waals surface area contributed by atoms with Crippen LogP contribution >= 0.6 is 0 Å². The number of nitrogens with zero attached hydrogens (tertiary/aromatic N) is 2. The van der Waals surface area contributed by atoms with Crippen LogP contribution in [-0.4, -0.2) is 22.5 Å². The average Bonchev–Trinajstić information content (AvgIpc) is 3.28. The van der Waals surface area contributed by atoms with Crippen LogP contribution in [-0.2, 0) is 6.42 Å². The second-order valence-electron chi connectivity index (χ2n) is 9.07.